The number of carbonyl (C=O) groups is 4. The van der Waals surface area contributed by atoms with Crippen LogP contribution in [0.3, 0.4) is 0 Å². The third kappa shape index (κ3) is 5.02. The maximum Gasteiger partial charge on any atom is 0.238 e. The van der Waals surface area contributed by atoms with Gasteiger partial charge < -0.3 is 10.0 Å². The summed E-state index contributed by atoms with van der Waals surface area (Å²) in [4.78, 5) is 58.3. The van der Waals surface area contributed by atoms with Gasteiger partial charge in [0.2, 0.25) is 11.8 Å². The van der Waals surface area contributed by atoms with Crippen molar-refractivity contribution in [3.05, 3.63) is 112 Å². The van der Waals surface area contributed by atoms with Gasteiger partial charge in [-0.25, -0.2) is 0 Å². The quantitative estimate of drug-likeness (QED) is 0.144. The average Bonchev–Trinajstić information content (AvgIpc) is 3.32. The number of allylic oxidation sites excluding steroid dienone is 6. The molecule has 0 aromatic heterocycles. The van der Waals surface area contributed by atoms with Gasteiger partial charge in [0.25, 0.3) is 0 Å². The molecule has 1 heterocycles. The van der Waals surface area contributed by atoms with Gasteiger partial charge in [-0.2, -0.15) is 10.2 Å². The second kappa shape index (κ2) is 11.4. The number of ketones is 2. The largest absolute Gasteiger partial charge is 0.508 e. The van der Waals surface area contributed by atoms with Crippen molar-refractivity contribution in [3.63, 3.8) is 0 Å². The maximum atomic E-state index is 14.2. The number of nitrogens with zero attached hydrogens (tertiary/aromatic N) is 4. The number of benzene rings is 3. The number of rotatable bonds is 5. The molecule has 1 aliphatic heterocycles. The number of anilines is 2. The summed E-state index contributed by atoms with van der Waals surface area (Å²) in [5.74, 6) is -3.09. The smallest absolute Gasteiger partial charge is 0.238 e. The van der Waals surface area contributed by atoms with Crippen molar-refractivity contribution in [1.82, 2.24) is 0 Å². The van der Waals surface area contributed by atoms with Crippen LogP contribution >= 0.6 is 0 Å². The van der Waals surface area contributed by atoms with E-state index in [2.05, 4.69) is 10.2 Å². The molecule has 0 bridgehead atoms. The molecule has 0 saturated carbocycles. The van der Waals surface area contributed by atoms with E-state index in [1.54, 1.807) is 50.2 Å². The summed E-state index contributed by atoms with van der Waals surface area (Å²) < 4.78 is 0. The average molecular weight is 627 g/mol. The van der Waals surface area contributed by atoms with E-state index < -0.39 is 23.7 Å². The summed E-state index contributed by atoms with van der Waals surface area (Å²) in [7, 11) is 3.93. The normalized spacial score (nSPS) is 23.9. The van der Waals surface area contributed by atoms with Crippen molar-refractivity contribution in [3.8, 4) is 5.75 Å². The number of carbonyl (C=O) groups excluding carboxylic acids is 4. The highest BCUT2D eigenvalue weighted by atomic mass is 16.3. The van der Waals surface area contributed by atoms with Crippen LogP contribution in [-0.4, -0.2) is 42.6 Å². The number of aryl methyl sites for hydroxylation is 1. The van der Waals surface area contributed by atoms with E-state index in [4.69, 9.17) is 0 Å². The molecular weight excluding hydrogens is 592 g/mol. The van der Waals surface area contributed by atoms with Crippen molar-refractivity contribution in [2.45, 2.75) is 32.6 Å². The van der Waals surface area contributed by atoms with Gasteiger partial charge in [-0.1, -0.05) is 23.8 Å². The van der Waals surface area contributed by atoms with Crippen molar-refractivity contribution in [2.24, 2.45) is 28.0 Å². The van der Waals surface area contributed by atoms with Crippen molar-refractivity contribution in [1.29, 1.82) is 0 Å². The maximum absolute atomic E-state index is 14.2. The van der Waals surface area contributed by atoms with Crippen LogP contribution in [0.25, 0.3) is 0 Å². The molecule has 236 valence electrons. The molecule has 9 nitrogen and oxygen atoms in total. The Morgan fingerprint density at radius 1 is 0.830 bits per heavy atom. The van der Waals surface area contributed by atoms with Crippen LogP contribution in [0.5, 0.6) is 5.75 Å². The lowest BCUT2D eigenvalue weighted by atomic mass is 9.59. The number of hydrogen-bond donors (Lipinski definition) is 1. The van der Waals surface area contributed by atoms with Gasteiger partial charge in [0.15, 0.2) is 11.6 Å². The minimum absolute atomic E-state index is 0.133. The van der Waals surface area contributed by atoms with Gasteiger partial charge in [-0.05, 0) is 104 Å². The van der Waals surface area contributed by atoms with Gasteiger partial charge in [0.05, 0.1) is 28.9 Å². The summed E-state index contributed by atoms with van der Waals surface area (Å²) in [6.07, 6.45) is 3.95. The first-order valence-electron chi connectivity index (χ1n) is 15.7. The van der Waals surface area contributed by atoms with E-state index in [0.29, 0.717) is 45.8 Å². The first kappa shape index (κ1) is 30.2. The minimum Gasteiger partial charge on any atom is -0.508 e. The van der Waals surface area contributed by atoms with Gasteiger partial charge in [-0.3, -0.25) is 24.1 Å². The second-order valence-corrected chi connectivity index (χ2v) is 12.9. The highest BCUT2D eigenvalue weighted by Gasteiger charge is 2.56. The van der Waals surface area contributed by atoms with E-state index in [1.807, 2.05) is 55.4 Å². The second-order valence-electron chi connectivity index (χ2n) is 12.9. The van der Waals surface area contributed by atoms with Gasteiger partial charge >= 0.3 is 0 Å². The van der Waals surface area contributed by atoms with Crippen LogP contribution < -0.4 is 9.80 Å². The number of amides is 2. The monoisotopic (exact) mass is 626 g/mol. The highest BCUT2D eigenvalue weighted by molar-refractivity contribution is 6.25. The minimum atomic E-state index is -0.670. The molecule has 0 spiro atoms. The molecule has 3 aromatic carbocycles. The molecule has 1 saturated heterocycles. The Morgan fingerprint density at radius 3 is 2.13 bits per heavy atom. The molecule has 3 aromatic rings. The van der Waals surface area contributed by atoms with Crippen LogP contribution in [0.15, 0.2) is 111 Å². The Kier molecular flexibility index (Phi) is 7.34. The lowest BCUT2D eigenvalue weighted by Gasteiger charge is -2.42. The van der Waals surface area contributed by atoms with E-state index >= 15 is 0 Å². The molecule has 0 radical (unpaired) electrons. The molecule has 1 N–H and O–H groups in total. The summed E-state index contributed by atoms with van der Waals surface area (Å²) in [6, 6.07) is 19.7. The number of azo groups is 1. The molecule has 4 unspecified atom stereocenters. The number of hydrogen-bond acceptors (Lipinski definition) is 8. The molecule has 2 amide bonds. The Labute approximate surface area is 272 Å². The van der Waals surface area contributed by atoms with Gasteiger partial charge in [0, 0.05) is 42.4 Å². The number of Topliss-reactive ketones (excluding diaryl/α,β-unsaturated/α-hetero) is 1. The molecule has 4 atom stereocenters. The topological polar surface area (TPSA) is 120 Å². The SMILES string of the molecule is CC1=CC(=O)C2=C(CC3C(=CCC4C(=O)N(c5ccc(N=Nc6ccc(N(C)C)cc6)cc5)C(=O)C43)C2c2ccc(O)c(C)c2)C1=O. The Morgan fingerprint density at radius 2 is 1.49 bits per heavy atom. The number of phenols is 1. The Balaban J connectivity index is 1.19. The van der Waals surface area contributed by atoms with Crippen LogP contribution in [0, 0.1) is 24.7 Å². The zero-order valence-electron chi connectivity index (χ0n) is 26.6. The number of imide groups is 1. The molecule has 47 heavy (non-hydrogen) atoms. The van der Waals surface area contributed by atoms with Crippen molar-refractivity contribution in [2.75, 3.05) is 23.9 Å². The molecule has 4 aliphatic rings. The summed E-state index contributed by atoms with van der Waals surface area (Å²) in [5, 5.41) is 18.9. The molecule has 1 fully saturated rings. The van der Waals surface area contributed by atoms with E-state index in [1.165, 1.54) is 11.0 Å². The van der Waals surface area contributed by atoms with Crippen LogP contribution in [-0.2, 0) is 19.2 Å². The van der Waals surface area contributed by atoms with E-state index in [9.17, 15) is 24.3 Å². The first-order chi connectivity index (χ1) is 22.5. The number of fused-ring (bicyclic) bond motifs is 3. The summed E-state index contributed by atoms with van der Waals surface area (Å²) in [5.41, 5.74) is 6.29. The molecular formula is C38H34N4O5. The predicted molar refractivity (Wildman–Crippen MR) is 178 cm³/mol. The fourth-order valence-electron chi connectivity index (χ4n) is 7.48. The lowest BCUT2D eigenvalue weighted by molar-refractivity contribution is -0.123. The van der Waals surface area contributed by atoms with Gasteiger partial charge in [-0.15, -0.1) is 0 Å². The Bertz CT molecular complexity index is 1980. The third-order valence-corrected chi connectivity index (χ3v) is 9.87. The fraction of sp³-hybridized carbons (Fsp3) is 0.263. The van der Waals surface area contributed by atoms with E-state index in [0.717, 1.165) is 16.8 Å². The van der Waals surface area contributed by atoms with Gasteiger partial charge in [0.1, 0.15) is 5.75 Å². The predicted octanol–water partition coefficient (Wildman–Crippen LogP) is 6.82. The zero-order valence-corrected chi connectivity index (χ0v) is 26.6. The number of phenolic OH excluding ortho intramolecular Hbond substituents is 1. The fourth-order valence-corrected chi connectivity index (χ4v) is 7.48. The van der Waals surface area contributed by atoms with Crippen LogP contribution in [0.2, 0.25) is 0 Å². The lowest BCUT2D eigenvalue weighted by Crippen LogP contribution is -2.39. The van der Waals surface area contributed by atoms with Crippen molar-refractivity contribution < 1.29 is 24.3 Å². The standard InChI is InChI=1S/C38H34N4O5/c1-20-17-22(5-16-31(20)43)33-27-14-15-28-34(29(27)19-30-35(33)32(44)18-21(2)36(30)45)38(47)42(37(28)46)26-12-8-24(9-13-26)40-39-23-6-10-25(11-7-23)41(3)4/h5-14,16-18,28-29,33-34,43H,15,19H2,1-4H3. The Hall–Kier alpha value is -5.44. The van der Waals surface area contributed by atoms with Crippen LogP contribution in [0.1, 0.15) is 36.8 Å². The third-order valence-electron chi connectivity index (χ3n) is 9.87. The van der Waals surface area contributed by atoms with E-state index in [-0.39, 0.29) is 35.6 Å². The summed E-state index contributed by atoms with van der Waals surface area (Å²) in [6.45, 7) is 3.42. The van der Waals surface area contributed by atoms with Crippen molar-refractivity contribution >= 4 is 46.1 Å². The van der Waals surface area contributed by atoms with Crippen LogP contribution in [0.4, 0.5) is 22.7 Å². The molecule has 9 heteroatoms. The highest BCUT2D eigenvalue weighted by Crippen LogP contribution is 2.55. The first-order valence-corrected chi connectivity index (χ1v) is 15.7. The molecule has 3 aliphatic carbocycles. The molecule has 7 rings (SSSR count). The summed E-state index contributed by atoms with van der Waals surface area (Å²) >= 11 is 0. The number of aromatic hydroxyl groups is 1. The zero-order chi connectivity index (χ0) is 33.1.